The Morgan fingerprint density at radius 2 is 2.00 bits per heavy atom. The number of nitrogens with one attached hydrogen (secondary N) is 2. The lowest BCUT2D eigenvalue weighted by Crippen LogP contribution is -2.39. The van der Waals surface area contributed by atoms with Crippen molar-refractivity contribution in [3.63, 3.8) is 0 Å². The third-order valence-corrected chi connectivity index (χ3v) is 3.68. The maximum atomic E-state index is 13.1. The minimum Gasteiger partial charge on any atom is -0.382 e. The number of fused-ring (bicyclic) bond motifs is 1. The summed E-state index contributed by atoms with van der Waals surface area (Å²) in [5.74, 6) is -0.370. The van der Waals surface area contributed by atoms with Crippen LogP contribution in [-0.2, 0) is 4.79 Å². The molecule has 1 aromatic carbocycles. The molecule has 1 aromatic rings. The van der Waals surface area contributed by atoms with Gasteiger partial charge in [0.25, 0.3) is 0 Å². The molecule has 0 bridgehead atoms. The molecule has 0 saturated heterocycles. The summed E-state index contributed by atoms with van der Waals surface area (Å²) in [7, 11) is 0. The third kappa shape index (κ3) is 1.99. The molecule has 0 spiro atoms. The van der Waals surface area contributed by atoms with Gasteiger partial charge in [0.05, 0.1) is 16.8 Å². The zero-order valence-electron chi connectivity index (χ0n) is 10.1. The number of benzene rings is 1. The van der Waals surface area contributed by atoms with Crippen LogP contribution in [0.3, 0.4) is 0 Å². The van der Waals surface area contributed by atoms with Crippen molar-refractivity contribution in [3.8, 4) is 0 Å². The summed E-state index contributed by atoms with van der Waals surface area (Å²) in [6.07, 6.45) is 1.53. The third-order valence-electron chi connectivity index (χ3n) is 3.68. The van der Waals surface area contributed by atoms with E-state index in [1.807, 2.05) is 13.8 Å². The number of amides is 1. The van der Waals surface area contributed by atoms with Gasteiger partial charge in [-0.15, -0.1) is 0 Å². The second kappa shape index (κ2) is 4.35. The largest absolute Gasteiger partial charge is 0.382 e. The molecular formula is C13H17FN2O. The Morgan fingerprint density at radius 3 is 2.65 bits per heavy atom. The fourth-order valence-electron chi connectivity index (χ4n) is 2.19. The van der Waals surface area contributed by atoms with Gasteiger partial charge in [0.15, 0.2) is 0 Å². The molecule has 0 radical (unpaired) electrons. The normalized spacial score (nSPS) is 17.7. The van der Waals surface area contributed by atoms with Gasteiger partial charge in [-0.25, -0.2) is 4.39 Å². The van der Waals surface area contributed by atoms with Crippen molar-refractivity contribution in [1.82, 2.24) is 0 Å². The lowest BCUT2D eigenvalue weighted by Gasteiger charge is -2.27. The van der Waals surface area contributed by atoms with Gasteiger partial charge in [0.2, 0.25) is 5.91 Å². The zero-order chi connectivity index (χ0) is 12.5. The van der Waals surface area contributed by atoms with E-state index >= 15 is 0 Å². The Hall–Kier alpha value is -1.58. The highest BCUT2D eigenvalue weighted by atomic mass is 19.1. The van der Waals surface area contributed by atoms with Crippen LogP contribution in [0.5, 0.6) is 0 Å². The summed E-state index contributed by atoms with van der Waals surface area (Å²) in [6.45, 7) is 4.59. The maximum Gasteiger partial charge on any atom is 0.232 e. The molecule has 0 atom stereocenters. The van der Waals surface area contributed by atoms with Gasteiger partial charge in [-0.2, -0.15) is 0 Å². The van der Waals surface area contributed by atoms with Gasteiger partial charge < -0.3 is 10.6 Å². The van der Waals surface area contributed by atoms with Gasteiger partial charge in [0.1, 0.15) is 5.82 Å². The number of halogens is 1. The number of hydrogen-bond donors (Lipinski definition) is 2. The molecule has 0 fully saturated rings. The smallest absolute Gasteiger partial charge is 0.232 e. The monoisotopic (exact) mass is 236 g/mol. The standard InChI is InChI=1S/C13H17FN2O/c1-3-13(4-2)8-15-10-6-5-9(14)7-11(10)16-12(13)17/h5-7,15H,3-4,8H2,1-2H3,(H,16,17). The highest BCUT2D eigenvalue weighted by molar-refractivity contribution is 5.99. The van der Waals surface area contributed by atoms with E-state index in [1.165, 1.54) is 12.1 Å². The van der Waals surface area contributed by atoms with Crippen molar-refractivity contribution in [2.45, 2.75) is 26.7 Å². The lowest BCUT2D eigenvalue weighted by molar-refractivity contribution is -0.125. The molecule has 3 nitrogen and oxygen atoms in total. The lowest BCUT2D eigenvalue weighted by atomic mass is 9.81. The number of hydrogen-bond acceptors (Lipinski definition) is 2. The molecule has 17 heavy (non-hydrogen) atoms. The van der Waals surface area contributed by atoms with Crippen molar-refractivity contribution in [2.75, 3.05) is 17.2 Å². The molecule has 0 aromatic heterocycles. The van der Waals surface area contributed by atoms with Crippen LogP contribution in [0.1, 0.15) is 26.7 Å². The number of carbonyl (C=O) groups is 1. The first kappa shape index (κ1) is 11.9. The van der Waals surface area contributed by atoms with Crippen LogP contribution in [0.2, 0.25) is 0 Å². The predicted octanol–water partition coefficient (Wildman–Crippen LogP) is 3.00. The Morgan fingerprint density at radius 1 is 1.29 bits per heavy atom. The SMILES string of the molecule is CCC1(CC)CNc2ccc(F)cc2NC1=O. The Balaban J connectivity index is 2.37. The van der Waals surface area contributed by atoms with Gasteiger partial charge >= 0.3 is 0 Å². The van der Waals surface area contributed by atoms with Crippen molar-refractivity contribution >= 4 is 17.3 Å². The Labute approximate surface area is 100 Å². The van der Waals surface area contributed by atoms with Crippen LogP contribution in [0.15, 0.2) is 18.2 Å². The fraction of sp³-hybridized carbons (Fsp3) is 0.462. The van der Waals surface area contributed by atoms with Crippen LogP contribution < -0.4 is 10.6 Å². The van der Waals surface area contributed by atoms with Crippen LogP contribution in [0, 0.1) is 11.2 Å². The number of carbonyl (C=O) groups excluding carboxylic acids is 1. The zero-order valence-corrected chi connectivity index (χ0v) is 10.1. The summed E-state index contributed by atoms with van der Waals surface area (Å²) < 4.78 is 13.1. The maximum absolute atomic E-state index is 13.1. The van der Waals surface area contributed by atoms with E-state index in [0.717, 1.165) is 18.5 Å². The Bertz CT molecular complexity index is 441. The summed E-state index contributed by atoms with van der Waals surface area (Å²) in [5.41, 5.74) is 0.900. The summed E-state index contributed by atoms with van der Waals surface area (Å²) >= 11 is 0. The van der Waals surface area contributed by atoms with Crippen molar-refractivity contribution < 1.29 is 9.18 Å². The van der Waals surface area contributed by atoms with E-state index in [4.69, 9.17) is 0 Å². The summed E-state index contributed by atoms with van der Waals surface area (Å²) in [4.78, 5) is 12.2. The van der Waals surface area contributed by atoms with Gasteiger partial charge in [-0.3, -0.25) is 4.79 Å². The molecule has 0 aliphatic carbocycles. The first-order valence-electron chi connectivity index (χ1n) is 5.96. The van der Waals surface area contributed by atoms with Crippen LogP contribution >= 0.6 is 0 Å². The van der Waals surface area contributed by atoms with E-state index in [-0.39, 0.29) is 11.7 Å². The molecule has 92 valence electrons. The van der Waals surface area contributed by atoms with Gasteiger partial charge in [-0.05, 0) is 31.0 Å². The average Bonchev–Trinajstić information content (AvgIpc) is 2.45. The molecule has 0 unspecified atom stereocenters. The highest BCUT2D eigenvalue weighted by Gasteiger charge is 2.37. The summed E-state index contributed by atoms with van der Waals surface area (Å²) in [5, 5.41) is 6.04. The fourth-order valence-corrected chi connectivity index (χ4v) is 2.19. The van der Waals surface area contributed by atoms with Crippen molar-refractivity contribution in [2.24, 2.45) is 5.41 Å². The average molecular weight is 236 g/mol. The molecule has 0 saturated carbocycles. The van der Waals surface area contributed by atoms with Gasteiger partial charge in [0, 0.05) is 6.54 Å². The van der Waals surface area contributed by atoms with Crippen LogP contribution in [-0.4, -0.2) is 12.5 Å². The van der Waals surface area contributed by atoms with Crippen LogP contribution in [0.4, 0.5) is 15.8 Å². The molecule has 2 rings (SSSR count). The van der Waals surface area contributed by atoms with Crippen molar-refractivity contribution in [3.05, 3.63) is 24.0 Å². The number of anilines is 2. The quantitative estimate of drug-likeness (QED) is 0.828. The topological polar surface area (TPSA) is 41.1 Å². The van der Waals surface area contributed by atoms with E-state index in [9.17, 15) is 9.18 Å². The molecule has 1 heterocycles. The number of rotatable bonds is 2. The second-order valence-electron chi connectivity index (χ2n) is 4.49. The molecular weight excluding hydrogens is 219 g/mol. The first-order chi connectivity index (χ1) is 8.11. The van der Waals surface area contributed by atoms with Crippen molar-refractivity contribution in [1.29, 1.82) is 0 Å². The minimum atomic E-state index is -0.407. The molecule has 4 heteroatoms. The second-order valence-corrected chi connectivity index (χ2v) is 4.49. The molecule has 2 N–H and O–H groups in total. The summed E-state index contributed by atoms with van der Waals surface area (Å²) in [6, 6.07) is 4.40. The van der Waals surface area contributed by atoms with E-state index in [0.29, 0.717) is 12.2 Å². The Kier molecular flexibility index (Phi) is 3.05. The van der Waals surface area contributed by atoms with E-state index in [2.05, 4.69) is 10.6 Å². The highest BCUT2D eigenvalue weighted by Crippen LogP contribution is 2.34. The van der Waals surface area contributed by atoms with Gasteiger partial charge in [-0.1, -0.05) is 13.8 Å². The molecule has 1 aliphatic heterocycles. The molecule has 1 aliphatic rings. The van der Waals surface area contributed by atoms with E-state index in [1.54, 1.807) is 6.07 Å². The first-order valence-corrected chi connectivity index (χ1v) is 5.96. The minimum absolute atomic E-state index is 0.0284. The van der Waals surface area contributed by atoms with E-state index < -0.39 is 5.41 Å². The molecule has 1 amide bonds. The predicted molar refractivity (Wildman–Crippen MR) is 66.5 cm³/mol. The van der Waals surface area contributed by atoms with Crippen LogP contribution in [0.25, 0.3) is 0 Å².